The van der Waals surface area contributed by atoms with Crippen LogP contribution in [0.15, 0.2) is 18.3 Å². The number of nitrogens with one attached hydrogen (secondary N) is 1. The van der Waals surface area contributed by atoms with E-state index in [9.17, 15) is 4.79 Å². The Hall–Kier alpha value is -1.62. The Kier molecular flexibility index (Phi) is 6.29. The minimum atomic E-state index is -0.104. The fourth-order valence-electron chi connectivity index (χ4n) is 1.45. The lowest BCUT2D eigenvalue weighted by molar-refractivity contribution is 0.0949. The highest BCUT2D eigenvalue weighted by Crippen LogP contribution is 2.09. The van der Waals surface area contributed by atoms with Gasteiger partial charge in [-0.15, -0.1) is 0 Å². The summed E-state index contributed by atoms with van der Waals surface area (Å²) in [4.78, 5) is 18.1. The molecule has 0 radical (unpaired) electrons. The van der Waals surface area contributed by atoms with Crippen LogP contribution in [0.5, 0.6) is 5.88 Å². The van der Waals surface area contributed by atoms with E-state index in [0.717, 1.165) is 13.1 Å². The molecule has 0 aliphatic heterocycles. The van der Waals surface area contributed by atoms with Crippen molar-refractivity contribution in [1.29, 1.82) is 0 Å². The van der Waals surface area contributed by atoms with Crippen molar-refractivity contribution in [3.63, 3.8) is 0 Å². The molecule has 1 N–H and O–H groups in total. The van der Waals surface area contributed by atoms with E-state index in [2.05, 4.69) is 22.1 Å². The number of rotatable bonds is 7. The third kappa shape index (κ3) is 5.70. The molecule has 5 heteroatoms. The van der Waals surface area contributed by atoms with E-state index in [1.54, 1.807) is 12.1 Å². The van der Waals surface area contributed by atoms with Crippen LogP contribution in [0.2, 0.25) is 0 Å². The normalized spacial score (nSPS) is 10.8. The molecule has 0 fully saturated rings. The zero-order valence-electron chi connectivity index (χ0n) is 12.1. The Labute approximate surface area is 115 Å². The van der Waals surface area contributed by atoms with Crippen LogP contribution in [0, 0.1) is 0 Å². The minimum Gasteiger partial charge on any atom is -0.475 e. The number of amides is 1. The monoisotopic (exact) mass is 265 g/mol. The number of pyridine rings is 1. The zero-order chi connectivity index (χ0) is 14.3. The van der Waals surface area contributed by atoms with Gasteiger partial charge in [0, 0.05) is 25.4 Å². The second kappa shape index (κ2) is 7.74. The van der Waals surface area contributed by atoms with E-state index in [1.165, 1.54) is 6.20 Å². The molecule has 1 heterocycles. The summed E-state index contributed by atoms with van der Waals surface area (Å²) in [6.45, 7) is 8.40. The molecule has 0 unspecified atom stereocenters. The fraction of sp³-hybridized carbons (Fsp3) is 0.571. The summed E-state index contributed by atoms with van der Waals surface area (Å²) in [5.74, 6) is 0.436. The molecule has 0 spiro atoms. The summed E-state index contributed by atoms with van der Waals surface area (Å²) in [6.07, 6.45) is 1.62. The Bertz CT molecular complexity index is 390. The molecule has 1 rings (SSSR count). The van der Waals surface area contributed by atoms with Gasteiger partial charge in [-0.05, 0) is 33.5 Å². The van der Waals surface area contributed by atoms with Crippen LogP contribution in [0.25, 0.3) is 0 Å². The molecule has 0 saturated carbocycles. The third-order valence-corrected chi connectivity index (χ3v) is 2.67. The number of hydrogen-bond donors (Lipinski definition) is 1. The average Bonchev–Trinajstić information content (AvgIpc) is 2.38. The van der Waals surface area contributed by atoms with Crippen LogP contribution in [-0.4, -0.2) is 48.6 Å². The number of nitrogens with zero attached hydrogens (tertiary/aromatic N) is 2. The van der Waals surface area contributed by atoms with Crippen molar-refractivity contribution in [2.24, 2.45) is 0 Å². The topological polar surface area (TPSA) is 54.5 Å². The van der Waals surface area contributed by atoms with Crippen molar-refractivity contribution >= 4 is 5.91 Å². The van der Waals surface area contributed by atoms with Crippen LogP contribution in [0.3, 0.4) is 0 Å². The lowest BCUT2D eigenvalue weighted by Crippen LogP contribution is -2.32. The molecule has 106 valence electrons. The van der Waals surface area contributed by atoms with Gasteiger partial charge in [0.15, 0.2) is 0 Å². The average molecular weight is 265 g/mol. The van der Waals surface area contributed by atoms with Crippen molar-refractivity contribution in [2.45, 2.75) is 26.9 Å². The predicted molar refractivity (Wildman–Crippen MR) is 75.5 cm³/mol. The van der Waals surface area contributed by atoms with Gasteiger partial charge in [-0.1, -0.05) is 6.92 Å². The van der Waals surface area contributed by atoms with Crippen LogP contribution < -0.4 is 10.1 Å². The minimum absolute atomic E-state index is 0.0803. The number of ether oxygens (including phenoxy) is 1. The van der Waals surface area contributed by atoms with Crippen molar-refractivity contribution in [1.82, 2.24) is 15.2 Å². The highest BCUT2D eigenvalue weighted by atomic mass is 16.5. The summed E-state index contributed by atoms with van der Waals surface area (Å²) in [6, 6.07) is 3.44. The zero-order valence-corrected chi connectivity index (χ0v) is 12.1. The van der Waals surface area contributed by atoms with Gasteiger partial charge in [-0.25, -0.2) is 4.98 Å². The van der Waals surface area contributed by atoms with Gasteiger partial charge in [-0.2, -0.15) is 0 Å². The first-order valence-corrected chi connectivity index (χ1v) is 6.62. The first-order chi connectivity index (χ1) is 9.02. The van der Waals surface area contributed by atoms with Gasteiger partial charge in [0.25, 0.3) is 5.91 Å². The van der Waals surface area contributed by atoms with E-state index in [0.29, 0.717) is 18.0 Å². The summed E-state index contributed by atoms with van der Waals surface area (Å²) in [5.41, 5.74) is 0.551. The number of aromatic nitrogens is 1. The van der Waals surface area contributed by atoms with Crippen molar-refractivity contribution in [3.05, 3.63) is 23.9 Å². The quantitative estimate of drug-likeness (QED) is 0.812. The SMILES string of the molecule is CCN(C)CCNC(=O)c1ccc(OC(C)C)nc1. The van der Waals surface area contributed by atoms with Crippen molar-refractivity contribution in [3.8, 4) is 5.88 Å². The highest BCUT2D eigenvalue weighted by molar-refractivity contribution is 5.93. The first-order valence-electron chi connectivity index (χ1n) is 6.62. The molecule has 0 atom stereocenters. The summed E-state index contributed by atoms with van der Waals surface area (Å²) >= 11 is 0. The Morgan fingerprint density at radius 2 is 2.21 bits per heavy atom. The molecule has 0 aromatic carbocycles. The predicted octanol–water partition coefficient (Wildman–Crippen LogP) is 1.55. The van der Waals surface area contributed by atoms with E-state index in [1.807, 2.05) is 20.9 Å². The molecule has 1 aromatic heterocycles. The van der Waals surface area contributed by atoms with Crippen LogP contribution in [-0.2, 0) is 0 Å². The van der Waals surface area contributed by atoms with E-state index >= 15 is 0 Å². The molecule has 0 aliphatic carbocycles. The second-order valence-electron chi connectivity index (χ2n) is 4.70. The maximum absolute atomic E-state index is 11.8. The summed E-state index contributed by atoms with van der Waals surface area (Å²) in [7, 11) is 2.02. The molecule has 0 aliphatic rings. The van der Waals surface area contributed by atoms with E-state index in [4.69, 9.17) is 4.74 Å². The summed E-state index contributed by atoms with van der Waals surface area (Å²) in [5, 5.41) is 2.86. The van der Waals surface area contributed by atoms with Gasteiger partial charge in [0.05, 0.1) is 11.7 Å². The van der Waals surface area contributed by atoms with Gasteiger partial charge in [0.2, 0.25) is 5.88 Å². The summed E-state index contributed by atoms with van der Waals surface area (Å²) < 4.78 is 5.43. The van der Waals surface area contributed by atoms with Crippen LogP contribution in [0.1, 0.15) is 31.1 Å². The third-order valence-electron chi connectivity index (χ3n) is 2.67. The largest absolute Gasteiger partial charge is 0.475 e. The molecular weight excluding hydrogens is 242 g/mol. The molecule has 0 saturated heterocycles. The van der Waals surface area contributed by atoms with E-state index in [-0.39, 0.29) is 12.0 Å². The highest BCUT2D eigenvalue weighted by Gasteiger charge is 2.07. The number of likely N-dealkylation sites (N-methyl/N-ethyl adjacent to an activating group) is 1. The lowest BCUT2D eigenvalue weighted by Gasteiger charge is -2.14. The smallest absolute Gasteiger partial charge is 0.252 e. The fourth-order valence-corrected chi connectivity index (χ4v) is 1.45. The van der Waals surface area contributed by atoms with Crippen LogP contribution in [0.4, 0.5) is 0 Å². The Morgan fingerprint density at radius 1 is 1.47 bits per heavy atom. The molecule has 1 aromatic rings. The second-order valence-corrected chi connectivity index (χ2v) is 4.70. The molecular formula is C14H23N3O2. The van der Waals surface area contributed by atoms with Gasteiger partial charge >= 0.3 is 0 Å². The maximum atomic E-state index is 11.8. The lowest BCUT2D eigenvalue weighted by atomic mass is 10.2. The molecule has 1 amide bonds. The number of carbonyl (C=O) groups excluding carboxylic acids is 1. The number of hydrogen-bond acceptors (Lipinski definition) is 4. The number of carbonyl (C=O) groups is 1. The van der Waals surface area contributed by atoms with Gasteiger partial charge < -0.3 is 15.0 Å². The van der Waals surface area contributed by atoms with Crippen molar-refractivity contribution < 1.29 is 9.53 Å². The van der Waals surface area contributed by atoms with E-state index < -0.39 is 0 Å². The van der Waals surface area contributed by atoms with Crippen molar-refractivity contribution in [2.75, 3.05) is 26.7 Å². The van der Waals surface area contributed by atoms with Gasteiger partial charge in [0.1, 0.15) is 0 Å². The van der Waals surface area contributed by atoms with Gasteiger partial charge in [-0.3, -0.25) is 4.79 Å². The Morgan fingerprint density at radius 3 is 2.74 bits per heavy atom. The maximum Gasteiger partial charge on any atom is 0.252 e. The standard InChI is InChI=1S/C14H23N3O2/c1-5-17(4)9-8-15-14(18)12-6-7-13(16-10-12)19-11(2)3/h6-7,10-11H,5,8-9H2,1-4H3,(H,15,18). The van der Waals surface area contributed by atoms with Crippen LogP contribution >= 0.6 is 0 Å². The molecule has 0 bridgehead atoms. The Balaban J connectivity index is 2.44. The first kappa shape index (κ1) is 15.4. The molecule has 19 heavy (non-hydrogen) atoms. The molecule has 5 nitrogen and oxygen atoms in total.